The molecule has 5 aromatic rings. The van der Waals surface area contributed by atoms with E-state index in [2.05, 4.69) is 10.3 Å². The Hall–Kier alpha value is -4.05. The molecule has 2 heterocycles. The molecule has 0 spiro atoms. The van der Waals surface area contributed by atoms with Crippen LogP contribution >= 0.6 is 23.0 Å². The van der Waals surface area contributed by atoms with E-state index < -0.39 is 0 Å². The molecule has 0 atom stereocenters. The Morgan fingerprint density at radius 1 is 0.973 bits per heavy atom. The van der Waals surface area contributed by atoms with E-state index in [4.69, 9.17) is 17.3 Å². The number of rotatable bonds is 6. The minimum absolute atomic E-state index is 0.186. The highest BCUT2D eigenvalue weighted by Gasteiger charge is 2.20. The summed E-state index contributed by atoms with van der Waals surface area (Å²) in [5.74, 6) is 3.03. The van der Waals surface area contributed by atoms with Gasteiger partial charge < -0.3 is 22.6 Å². The maximum atomic E-state index is 12.9. The number of carbonyl (C=O) groups excluding carboxylic acids is 1. The number of fused-ring (bicyclic) bond motifs is 3. The highest BCUT2D eigenvalue weighted by Crippen LogP contribution is 2.38. The molecule has 1 aliphatic rings. The third kappa shape index (κ3) is 4.48. The van der Waals surface area contributed by atoms with Gasteiger partial charge in [-0.1, -0.05) is 24.3 Å². The zero-order valence-electron chi connectivity index (χ0n) is 19.8. The number of halogens is 1. The number of ether oxygens (including phenoxy) is 3. The lowest BCUT2D eigenvalue weighted by Crippen LogP contribution is -2.13. The van der Waals surface area contributed by atoms with Crippen LogP contribution in [0.5, 0.6) is 28.7 Å². The molecule has 37 heavy (non-hydrogen) atoms. The van der Waals surface area contributed by atoms with Crippen LogP contribution in [0.1, 0.15) is 15.9 Å². The molecule has 0 unspecified atom stereocenters. The first kappa shape index (κ1) is 23.4. The number of hydrogen-bond acceptors (Lipinski definition) is 6. The van der Waals surface area contributed by atoms with Gasteiger partial charge in [0.25, 0.3) is 5.91 Å². The number of nitrogens with one attached hydrogen (secondary N) is 1. The van der Waals surface area contributed by atoms with Gasteiger partial charge in [0.1, 0.15) is 17.2 Å². The van der Waals surface area contributed by atoms with Crippen LogP contribution < -0.4 is 22.6 Å². The van der Waals surface area contributed by atoms with Crippen LogP contribution in [0.2, 0.25) is 0 Å². The number of nitrogens with zero attached hydrogens (tertiary/aromatic N) is 1. The molecule has 8 heteroatoms. The summed E-state index contributed by atoms with van der Waals surface area (Å²) in [6.07, 6.45) is 2.53. The number of methoxy groups -OCH3 is 1. The number of carbonyl (C=O) groups is 1. The smallest absolute Gasteiger partial charge is 0.259 e. The fraction of sp³-hybridized carbons (Fsp3) is 0.103. The van der Waals surface area contributed by atoms with Crippen LogP contribution in [-0.2, 0) is 6.42 Å². The fourth-order valence-corrected chi connectivity index (χ4v) is 4.87. The van der Waals surface area contributed by atoms with Gasteiger partial charge in [0.15, 0.2) is 34.5 Å². The number of amides is 1. The van der Waals surface area contributed by atoms with Crippen LogP contribution in [-0.4, -0.2) is 24.6 Å². The molecule has 1 amide bonds. The lowest BCUT2D eigenvalue weighted by molar-refractivity contribution is 0.102. The number of benzene rings is 4. The molecule has 184 valence electrons. The molecule has 0 aliphatic carbocycles. The highest BCUT2D eigenvalue weighted by molar-refractivity contribution is 14.1. The molecule has 0 radical (unpaired) electrons. The predicted octanol–water partition coefficient (Wildman–Crippen LogP) is 7.10. The second kappa shape index (κ2) is 9.78. The summed E-state index contributed by atoms with van der Waals surface area (Å²) in [6, 6.07) is 22.8. The minimum Gasteiger partial charge on any atom is -0.493 e. The number of anilines is 1. The Morgan fingerprint density at radius 2 is 1.84 bits per heavy atom. The van der Waals surface area contributed by atoms with E-state index >= 15 is 0 Å². The van der Waals surface area contributed by atoms with Gasteiger partial charge in [0.2, 0.25) is 0 Å². The molecule has 6 rings (SSSR count). The first-order valence-corrected chi connectivity index (χ1v) is 12.5. The summed E-state index contributed by atoms with van der Waals surface area (Å²) < 4.78 is 22.7. The summed E-state index contributed by atoms with van der Waals surface area (Å²) in [4.78, 5) is 17.4. The van der Waals surface area contributed by atoms with Crippen molar-refractivity contribution < 1.29 is 22.1 Å². The highest BCUT2D eigenvalue weighted by atomic mass is 127. The summed E-state index contributed by atoms with van der Waals surface area (Å²) in [7, 11) is 1.59. The Balaban J connectivity index is 1.25. The normalized spacial score (nSPS) is 12.2. The van der Waals surface area contributed by atoms with Gasteiger partial charge >= 0.3 is 0 Å². The molecule has 1 aromatic heterocycles. The van der Waals surface area contributed by atoms with Crippen LogP contribution in [0, 0.1) is 0 Å². The third-order valence-corrected chi connectivity index (χ3v) is 6.80. The van der Waals surface area contributed by atoms with E-state index in [1.54, 1.807) is 19.4 Å². The monoisotopic (exact) mass is 604 g/mol. The van der Waals surface area contributed by atoms with Gasteiger partial charge in [-0.2, -0.15) is 0 Å². The molecule has 1 N–H and O–H groups in total. The summed E-state index contributed by atoms with van der Waals surface area (Å²) in [5.41, 5.74) is 3.07. The van der Waals surface area contributed by atoms with E-state index in [0.717, 1.165) is 33.7 Å². The van der Waals surface area contributed by atoms with Gasteiger partial charge in [-0.15, -0.1) is 0 Å². The van der Waals surface area contributed by atoms with Crippen LogP contribution in [0.25, 0.3) is 21.7 Å². The van der Waals surface area contributed by atoms with Crippen molar-refractivity contribution in [3.63, 3.8) is 0 Å². The third-order valence-electron chi connectivity index (χ3n) is 6.33. The van der Waals surface area contributed by atoms with Gasteiger partial charge in [0, 0.05) is 29.8 Å². The number of pyridine rings is 1. The Labute approximate surface area is 227 Å². The molecule has 0 saturated carbocycles. The molecule has 1 aliphatic heterocycles. The first-order valence-electron chi connectivity index (χ1n) is 11.7. The van der Waals surface area contributed by atoms with Crippen molar-refractivity contribution in [1.82, 2.24) is 4.98 Å². The molecule has 0 saturated heterocycles. The number of hydrogen-bond donors (Lipinski definition) is 1. The molecular weight excluding hydrogens is 583 g/mol. The van der Waals surface area contributed by atoms with Crippen LogP contribution in [0.4, 0.5) is 5.69 Å². The van der Waals surface area contributed by atoms with Gasteiger partial charge in [0.05, 0.1) is 24.8 Å². The first-order chi connectivity index (χ1) is 18.1. The number of aromatic nitrogens is 1. The molecule has 0 bridgehead atoms. The average Bonchev–Trinajstić information content (AvgIpc) is 3.41. The molecule has 7 nitrogen and oxygen atoms in total. The van der Waals surface area contributed by atoms with Crippen molar-refractivity contribution in [2.45, 2.75) is 6.42 Å². The molecular formula is C29H21IN2O5. The molecule has 0 fully saturated rings. The second-order valence-corrected chi connectivity index (χ2v) is 9.02. The van der Waals surface area contributed by atoms with Gasteiger partial charge in [-0.05, 0) is 58.8 Å². The van der Waals surface area contributed by atoms with Crippen LogP contribution in [0.3, 0.4) is 0 Å². The lowest BCUT2D eigenvalue weighted by atomic mass is 10.1. The minimum atomic E-state index is -0.186. The second-order valence-electron chi connectivity index (χ2n) is 8.58. The number of para-hydroxylation sites is 1. The van der Waals surface area contributed by atoms with E-state index in [0.29, 0.717) is 46.6 Å². The summed E-state index contributed by atoms with van der Waals surface area (Å²) in [6.45, 7) is 0.608. The quantitative estimate of drug-likeness (QED) is 0.208. The fourth-order valence-electron chi connectivity index (χ4n) is 4.52. The van der Waals surface area contributed by atoms with Crippen molar-refractivity contribution in [3.05, 3.63) is 90.1 Å². The van der Waals surface area contributed by atoms with Crippen molar-refractivity contribution in [2.24, 2.45) is 0 Å². The lowest BCUT2D eigenvalue weighted by Gasteiger charge is -2.13. The van der Waals surface area contributed by atoms with Gasteiger partial charge in [-0.3, -0.25) is 9.78 Å². The summed E-state index contributed by atoms with van der Waals surface area (Å²) >= 11 is 1.82. The van der Waals surface area contributed by atoms with Crippen molar-refractivity contribution in [3.8, 4) is 28.7 Å². The van der Waals surface area contributed by atoms with Crippen molar-refractivity contribution in [1.29, 1.82) is 0 Å². The average molecular weight is 604 g/mol. The zero-order valence-corrected chi connectivity index (χ0v) is 21.9. The SMILES string of the molecule is COc1cc2c(Oc3ccc4cc(NC(=O)c5cccc6c5OCC6)ccc4c3)ccnc2cc1OI. The predicted molar refractivity (Wildman–Crippen MR) is 151 cm³/mol. The maximum absolute atomic E-state index is 12.9. The summed E-state index contributed by atoms with van der Waals surface area (Å²) in [5, 5.41) is 5.77. The topological polar surface area (TPSA) is 78.9 Å². The Bertz CT molecular complexity index is 1670. The Morgan fingerprint density at radius 3 is 2.70 bits per heavy atom. The maximum Gasteiger partial charge on any atom is 0.259 e. The van der Waals surface area contributed by atoms with Crippen LogP contribution in [0.15, 0.2) is 79.0 Å². The van der Waals surface area contributed by atoms with E-state index in [-0.39, 0.29) is 5.91 Å². The van der Waals surface area contributed by atoms with Crippen molar-refractivity contribution in [2.75, 3.05) is 19.0 Å². The van der Waals surface area contributed by atoms with Gasteiger partial charge in [-0.25, -0.2) is 0 Å². The van der Waals surface area contributed by atoms with E-state index in [1.807, 2.05) is 89.7 Å². The van der Waals surface area contributed by atoms with Crippen molar-refractivity contribution >= 4 is 56.3 Å². The van der Waals surface area contributed by atoms with E-state index in [1.165, 1.54) is 0 Å². The Kier molecular flexibility index (Phi) is 6.17. The van der Waals surface area contributed by atoms with E-state index in [9.17, 15) is 4.79 Å². The zero-order chi connectivity index (χ0) is 25.4. The molecule has 4 aromatic carbocycles. The standard InChI is InChI=1S/C29H21IN2O5/c1-34-26-15-23-24(16-27(26)37-30)31-11-9-25(23)36-21-8-6-18-13-20(7-5-19(18)14-21)32-29(33)22-4-2-3-17-10-12-35-28(17)22/h2-9,11,13-16H,10,12H2,1H3,(H,32,33). The largest absolute Gasteiger partial charge is 0.493 e.